The number of nitrogens with zero attached hydrogens (tertiary/aromatic N) is 4. The lowest BCUT2D eigenvalue weighted by Gasteiger charge is -2.34. The molecule has 0 unspecified atom stereocenters. The minimum absolute atomic E-state index is 0.189. The van der Waals surface area contributed by atoms with E-state index in [0.717, 1.165) is 5.56 Å². The third kappa shape index (κ3) is 3.31. The van der Waals surface area contributed by atoms with Gasteiger partial charge in [-0.1, -0.05) is 12.1 Å². The van der Waals surface area contributed by atoms with Crippen molar-refractivity contribution >= 4 is 17.0 Å². The molecule has 0 bridgehead atoms. The normalized spacial score (nSPS) is 15.3. The first-order chi connectivity index (χ1) is 13.4. The van der Waals surface area contributed by atoms with E-state index in [1.54, 1.807) is 24.9 Å². The molecule has 8 heteroatoms. The van der Waals surface area contributed by atoms with E-state index in [9.17, 15) is 14.0 Å². The third-order valence-electron chi connectivity index (χ3n) is 5.12. The molecule has 7 nitrogen and oxygen atoms in total. The predicted molar refractivity (Wildman–Crippen MR) is 102 cm³/mol. The summed E-state index contributed by atoms with van der Waals surface area (Å²) in [6, 6.07) is 6.55. The van der Waals surface area contributed by atoms with Crippen molar-refractivity contribution < 1.29 is 13.6 Å². The zero-order valence-corrected chi connectivity index (χ0v) is 15.8. The van der Waals surface area contributed by atoms with Crippen LogP contribution < -0.4 is 5.56 Å². The highest BCUT2D eigenvalue weighted by Crippen LogP contribution is 2.23. The average molecular weight is 384 g/mol. The summed E-state index contributed by atoms with van der Waals surface area (Å²) in [5.74, 6) is -0.0615. The molecule has 4 rings (SSSR count). The van der Waals surface area contributed by atoms with Crippen molar-refractivity contribution in [2.24, 2.45) is 7.05 Å². The molecule has 3 heterocycles. The van der Waals surface area contributed by atoms with Gasteiger partial charge in [0.1, 0.15) is 23.3 Å². The van der Waals surface area contributed by atoms with Crippen LogP contribution in [0.1, 0.15) is 21.7 Å². The third-order valence-corrected chi connectivity index (χ3v) is 5.12. The van der Waals surface area contributed by atoms with Gasteiger partial charge < -0.3 is 13.9 Å². The van der Waals surface area contributed by atoms with Gasteiger partial charge in [0.25, 0.3) is 11.5 Å². The van der Waals surface area contributed by atoms with Crippen molar-refractivity contribution in [1.82, 2.24) is 19.4 Å². The molecule has 3 aromatic rings. The van der Waals surface area contributed by atoms with Gasteiger partial charge in [0, 0.05) is 39.8 Å². The van der Waals surface area contributed by atoms with Crippen molar-refractivity contribution in [2.45, 2.75) is 13.5 Å². The monoisotopic (exact) mass is 384 g/mol. The number of furan rings is 1. The number of rotatable bonds is 3. The first-order valence-electron chi connectivity index (χ1n) is 9.15. The first-order valence-corrected chi connectivity index (χ1v) is 9.15. The van der Waals surface area contributed by atoms with Crippen LogP contribution in [0.3, 0.4) is 0 Å². The summed E-state index contributed by atoms with van der Waals surface area (Å²) < 4.78 is 20.2. The quantitative estimate of drug-likeness (QED) is 0.690. The van der Waals surface area contributed by atoms with E-state index in [2.05, 4.69) is 9.88 Å². The fraction of sp³-hybridized carbons (Fsp3) is 0.350. The minimum Gasteiger partial charge on any atom is -0.442 e. The van der Waals surface area contributed by atoms with Crippen molar-refractivity contribution in [1.29, 1.82) is 0 Å². The molecule has 1 fully saturated rings. The van der Waals surface area contributed by atoms with E-state index >= 15 is 0 Å². The van der Waals surface area contributed by atoms with Gasteiger partial charge in [-0.15, -0.1) is 0 Å². The van der Waals surface area contributed by atoms with Crippen LogP contribution in [-0.2, 0) is 13.6 Å². The minimum atomic E-state index is -0.296. The molecule has 0 spiro atoms. The lowest BCUT2D eigenvalue weighted by atomic mass is 10.1. The molecule has 0 N–H and O–H groups in total. The Morgan fingerprint density at radius 2 is 2.00 bits per heavy atom. The van der Waals surface area contributed by atoms with Crippen molar-refractivity contribution in [2.75, 3.05) is 26.2 Å². The van der Waals surface area contributed by atoms with Crippen LogP contribution in [0.15, 0.2) is 39.8 Å². The number of piperazine rings is 1. The maximum absolute atomic E-state index is 13.4. The largest absolute Gasteiger partial charge is 0.442 e. The van der Waals surface area contributed by atoms with Gasteiger partial charge in [-0.2, -0.15) is 0 Å². The van der Waals surface area contributed by atoms with Gasteiger partial charge in [-0.25, -0.2) is 9.37 Å². The van der Waals surface area contributed by atoms with E-state index in [1.165, 1.54) is 23.0 Å². The number of hydrogen-bond acceptors (Lipinski definition) is 5. The Labute approximate surface area is 161 Å². The van der Waals surface area contributed by atoms with Crippen molar-refractivity contribution in [3.63, 3.8) is 0 Å². The molecule has 1 aromatic carbocycles. The van der Waals surface area contributed by atoms with Gasteiger partial charge in [0.05, 0.1) is 5.56 Å². The van der Waals surface area contributed by atoms with Crippen LogP contribution in [0.4, 0.5) is 4.39 Å². The lowest BCUT2D eigenvalue weighted by molar-refractivity contribution is 0.0628. The predicted octanol–water partition coefficient (Wildman–Crippen LogP) is 1.93. The summed E-state index contributed by atoms with van der Waals surface area (Å²) in [4.78, 5) is 33.6. The summed E-state index contributed by atoms with van der Waals surface area (Å²) in [5.41, 5.74) is 1.09. The Hall–Kier alpha value is -3.00. The topological polar surface area (TPSA) is 71.6 Å². The molecule has 146 valence electrons. The number of halogens is 1. The Morgan fingerprint density at radius 3 is 2.71 bits per heavy atom. The van der Waals surface area contributed by atoms with Crippen molar-refractivity contribution in [3.8, 4) is 0 Å². The second-order valence-corrected chi connectivity index (χ2v) is 7.07. The number of hydrogen-bond donors (Lipinski definition) is 0. The highest BCUT2D eigenvalue weighted by atomic mass is 19.1. The van der Waals surface area contributed by atoms with E-state index in [0.29, 0.717) is 44.0 Å². The zero-order valence-electron chi connectivity index (χ0n) is 15.8. The summed E-state index contributed by atoms with van der Waals surface area (Å²) in [6.07, 6.45) is 1.38. The van der Waals surface area contributed by atoms with E-state index in [4.69, 9.17) is 4.42 Å². The molecule has 28 heavy (non-hydrogen) atoms. The highest BCUT2D eigenvalue weighted by molar-refractivity contribution is 6.06. The van der Waals surface area contributed by atoms with Gasteiger partial charge in [-0.05, 0) is 24.6 Å². The maximum Gasteiger partial charge on any atom is 0.265 e. The number of carbonyl (C=O) groups excluding carboxylic acids is 1. The van der Waals surface area contributed by atoms with Crippen molar-refractivity contribution in [3.05, 3.63) is 63.7 Å². The molecule has 2 aromatic heterocycles. The second-order valence-electron chi connectivity index (χ2n) is 7.07. The summed E-state index contributed by atoms with van der Waals surface area (Å²) >= 11 is 0. The molecule has 1 aliphatic heterocycles. The SMILES string of the molecule is Cc1oc2ncn(C)c(=O)c2c1C(=O)N1CCN(Cc2cccc(F)c2)CC1. The van der Waals surface area contributed by atoms with Crippen LogP contribution in [0.5, 0.6) is 0 Å². The molecule has 0 saturated carbocycles. The Bertz CT molecular complexity index is 1100. The molecule has 1 aliphatic rings. The first kappa shape index (κ1) is 18.4. The zero-order chi connectivity index (χ0) is 19.8. The molecule has 0 atom stereocenters. The van der Waals surface area contributed by atoms with E-state index < -0.39 is 0 Å². The van der Waals surface area contributed by atoms with Gasteiger partial charge in [-0.3, -0.25) is 14.5 Å². The van der Waals surface area contributed by atoms with Gasteiger partial charge in [0.2, 0.25) is 5.71 Å². The molecule has 1 saturated heterocycles. The van der Waals surface area contributed by atoms with Crippen LogP contribution in [0.25, 0.3) is 11.1 Å². The smallest absolute Gasteiger partial charge is 0.265 e. The van der Waals surface area contributed by atoms with Crippen LogP contribution in [-0.4, -0.2) is 51.4 Å². The molecular weight excluding hydrogens is 363 g/mol. The number of aryl methyl sites for hydroxylation is 2. The number of benzene rings is 1. The highest BCUT2D eigenvalue weighted by Gasteiger charge is 2.28. The molecule has 1 amide bonds. The van der Waals surface area contributed by atoms with Gasteiger partial charge >= 0.3 is 0 Å². The molecular formula is C20H21FN4O3. The fourth-order valence-electron chi connectivity index (χ4n) is 3.61. The molecule has 0 radical (unpaired) electrons. The fourth-order valence-corrected chi connectivity index (χ4v) is 3.61. The number of aromatic nitrogens is 2. The lowest BCUT2D eigenvalue weighted by Crippen LogP contribution is -2.48. The number of carbonyl (C=O) groups is 1. The van der Waals surface area contributed by atoms with E-state index in [-0.39, 0.29) is 28.4 Å². The van der Waals surface area contributed by atoms with E-state index in [1.807, 2.05) is 6.07 Å². The van der Waals surface area contributed by atoms with Crippen LogP contribution >= 0.6 is 0 Å². The maximum atomic E-state index is 13.4. The number of amides is 1. The Morgan fingerprint density at radius 1 is 1.25 bits per heavy atom. The Kier molecular flexibility index (Phi) is 4.72. The summed E-state index contributed by atoms with van der Waals surface area (Å²) in [6.45, 7) is 4.72. The Balaban J connectivity index is 1.50. The summed E-state index contributed by atoms with van der Waals surface area (Å²) in [7, 11) is 1.59. The second kappa shape index (κ2) is 7.20. The standard InChI is InChI=1S/C20H21FN4O3/c1-13-16(17-18(28-13)22-12-23(2)19(17)26)20(27)25-8-6-24(7-9-25)11-14-4-3-5-15(21)10-14/h3-5,10,12H,6-9,11H2,1-2H3. The summed E-state index contributed by atoms with van der Waals surface area (Å²) in [5, 5.41) is 0.231. The van der Waals surface area contributed by atoms with Crippen LogP contribution in [0.2, 0.25) is 0 Å². The average Bonchev–Trinajstić information content (AvgIpc) is 3.01. The molecule has 0 aliphatic carbocycles. The van der Waals surface area contributed by atoms with Gasteiger partial charge in [0.15, 0.2) is 0 Å². The number of fused-ring (bicyclic) bond motifs is 1. The van der Waals surface area contributed by atoms with Crippen LogP contribution in [0, 0.1) is 12.7 Å².